The van der Waals surface area contributed by atoms with E-state index in [1.807, 2.05) is 0 Å². The molecule has 0 spiro atoms. The van der Waals surface area contributed by atoms with Crippen LogP contribution in [0.1, 0.15) is 11.1 Å². The molecule has 3 rings (SSSR count). The Morgan fingerprint density at radius 3 is 2.62 bits per heavy atom. The van der Waals surface area contributed by atoms with Crippen molar-refractivity contribution in [3.05, 3.63) is 64.2 Å². The van der Waals surface area contributed by atoms with Crippen LogP contribution in [0.5, 0.6) is 5.75 Å². The van der Waals surface area contributed by atoms with E-state index in [9.17, 15) is 19.2 Å². The number of hydrogen-bond donors (Lipinski definition) is 2. The Hall–Kier alpha value is -3.65. The molecule has 2 aromatic rings. The zero-order chi connectivity index (χ0) is 21.1. The number of nitrogens with zero attached hydrogens (tertiary/aromatic N) is 1. The molecule has 0 unspecified atom stereocenters. The molecule has 2 N–H and O–H groups in total. The maximum absolute atomic E-state index is 13.0. The minimum absolute atomic E-state index is 0.172. The lowest BCUT2D eigenvalue weighted by Crippen LogP contribution is -2.54. The summed E-state index contributed by atoms with van der Waals surface area (Å²) >= 11 is 6.09. The van der Waals surface area contributed by atoms with E-state index in [0.717, 1.165) is 4.90 Å². The van der Waals surface area contributed by atoms with Crippen LogP contribution >= 0.6 is 11.6 Å². The standard InChI is InChI=1S/C20H15ClN2O6/c1-11-14(21)6-4-7-15(11)23-19(27)13(18(26)22-20(23)28)9-12-5-2-3-8-16(12)29-10-17(24)25/h2-9H,10H2,1H3,(H,24,25)(H,22,26,28)/b13-9+. The zero-order valence-corrected chi connectivity index (χ0v) is 15.9. The number of barbiturate groups is 1. The fourth-order valence-corrected chi connectivity index (χ4v) is 2.91. The van der Waals surface area contributed by atoms with Crippen molar-refractivity contribution in [1.29, 1.82) is 0 Å². The summed E-state index contributed by atoms with van der Waals surface area (Å²) in [5.74, 6) is -2.71. The Bertz CT molecular complexity index is 1060. The van der Waals surface area contributed by atoms with Crippen LogP contribution in [0.4, 0.5) is 10.5 Å². The average molecular weight is 415 g/mol. The van der Waals surface area contributed by atoms with Crippen LogP contribution in [0.25, 0.3) is 6.08 Å². The lowest BCUT2D eigenvalue weighted by atomic mass is 10.1. The number of benzene rings is 2. The number of carbonyl (C=O) groups is 4. The number of ether oxygens (including phenoxy) is 1. The van der Waals surface area contributed by atoms with Gasteiger partial charge in [-0.1, -0.05) is 35.9 Å². The zero-order valence-electron chi connectivity index (χ0n) is 15.1. The molecule has 0 atom stereocenters. The van der Waals surface area contributed by atoms with Crippen LogP contribution in [-0.2, 0) is 14.4 Å². The summed E-state index contributed by atoms with van der Waals surface area (Å²) in [5.41, 5.74) is 0.741. The summed E-state index contributed by atoms with van der Waals surface area (Å²) in [7, 11) is 0. The van der Waals surface area contributed by atoms with Gasteiger partial charge < -0.3 is 9.84 Å². The first-order valence-electron chi connectivity index (χ1n) is 8.39. The molecule has 1 aliphatic heterocycles. The van der Waals surface area contributed by atoms with Gasteiger partial charge >= 0.3 is 12.0 Å². The molecule has 148 valence electrons. The summed E-state index contributed by atoms with van der Waals surface area (Å²) in [6.07, 6.45) is 1.24. The van der Waals surface area contributed by atoms with E-state index in [2.05, 4.69) is 5.32 Å². The molecule has 9 heteroatoms. The highest BCUT2D eigenvalue weighted by Gasteiger charge is 2.37. The molecule has 0 saturated carbocycles. The number of imide groups is 2. The lowest BCUT2D eigenvalue weighted by Gasteiger charge is -2.27. The minimum Gasteiger partial charge on any atom is -0.481 e. The number of carboxylic acid groups (broad SMARTS) is 1. The number of para-hydroxylation sites is 1. The van der Waals surface area contributed by atoms with Gasteiger partial charge in [-0.2, -0.15) is 0 Å². The molecule has 1 aliphatic rings. The summed E-state index contributed by atoms with van der Waals surface area (Å²) in [4.78, 5) is 49.2. The van der Waals surface area contributed by atoms with Gasteiger partial charge in [0.15, 0.2) is 6.61 Å². The van der Waals surface area contributed by atoms with E-state index in [4.69, 9.17) is 21.4 Å². The van der Waals surface area contributed by atoms with Gasteiger partial charge in [-0.25, -0.2) is 14.5 Å². The number of anilines is 1. The Morgan fingerprint density at radius 1 is 1.17 bits per heavy atom. The van der Waals surface area contributed by atoms with Crippen molar-refractivity contribution in [2.75, 3.05) is 11.5 Å². The van der Waals surface area contributed by atoms with Crippen molar-refractivity contribution in [1.82, 2.24) is 5.32 Å². The second kappa shape index (κ2) is 8.15. The maximum atomic E-state index is 13.0. The van der Waals surface area contributed by atoms with Crippen LogP contribution < -0.4 is 15.0 Å². The number of carboxylic acids is 1. The molecule has 4 amide bonds. The summed E-state index contributed by atoms with van der Waals surface area (Å²) < 4.78 is 5.19. The number of carbonyl (C=O) groups excluding carboxylic acids is 3. The smallest absolute Gasteiger partial charge is 0.341 e. The predicted molar refractivity (Wildman–Crippen MR) is 105 cm³/mol. The summed E-state index contributed by atoms with van der Waals surface area (Å²) in [6.45, 7) is 1.06. The number of nitrogens with one attached hydrogen (secondary N) is 1. The van der Waals surface area contributed by atoms with E-state index in [1.54, 1.807) is 37.3 Å². The van der Waals surface area contributed by atoms with Crippen LogP contribution in [-0.4, -0.2) is 35.5 Å². The van der Waals surface area contributed by atoms with Gasteiger partial charge in [0, 0.05) is 10.6 Å². The Labute approximate surface area is 170 Å². The van der Waals surface area contributed by atoms with Gasteiger partial charge in [-0.3, -0.25) is 14.9 Å². The van der Waals surface area contributed by atoms with Crippen LogP contribution in [0, 0.1) is 6.92 Å². The van der Waals surface area contributed by atoms with Gasteiger partial charge in [0.1, 0.15) is 11.3 Å². The predicted octanol–water partition coefficient (Wildman–Crippen LogP) is 2.78. The number of urea groups is 1. The van der Waals surface area contributed by atoms with Gasteiger partial charge in [0.25, 0.3) is 11.8 Å². The van der Waals surface area contributed by atoms with Crippen LogP contribution in [0.15, 0.2) is 48.0 Å². The third-order valence-electron chi connectivity index (χ3n) is 4.15. The number of halogens is 1. The van der Waals surface area contributed by atoms with E-state index < -0.39 is 30.4 Å². The molecule has 0 aromatic heterocycles. The monoisotopic (exact) mass is 414 g/mol. The molecule has 1 fully saturated rings. The largest absolute Gasteiger partial charge is 0.481 e. The number of amides is 4. The highest BCUT2D eigenvalue weighted by Crippen LogP contribution is 2.30. The van der Waals surface area contributed by atoms with Gasteiger partial charge in [0.2, 0.25) is 0 Å². The number of hydrogen-bond acceptors (Lipinski definition) is 5. The third-order valence-corrected chi connectivity index (χ3v) is 4.56. The Kier molecular flexibility index (Phi) is 5.65. The second-order valence-corrected chi connectivity index (χ2v) is 6.47. The van der Waals surface area contributed by atoms with Gasteiger partial charge in [0.05, 0.1) is 5.69 Å². The molecule has 1 heterocycles. The molecular formula is C20H15ClN2O6. The van der Waals surface area contributed by atoms with E-state index >= 15 is 0 Å². The van der Waals surface area contributed by atoms with Gasteiger partial charge in [-0.05, 0) is 36.8 Å². The Balaban J connectivity index is 2.03. The second-order valence-electron chi connectivity index (χ2n) is 6.06. The fraction of sp³-hybridized carbons (Fsp3) is 0.100. The normalized spacial score (nSPS) is 15.4. The third kappa shape index (κ3) is 4.12. The number of rotatable bonds is 5. The quantitative estimate of drug-likeness (QED) is 0.574. The molecule has 1 saturated heterocycles. The van der Waals surface area contributed by atoms with Crippen molar-refractivity contribution in [2.45, 2.75) is 6.92 Å². The van der Waals surface area contributed by atoms with Crippen LogP contribution in [0.2, 0.25) is 5.02 Å². The average Bonchev–Trinajstić information content (AvgIpc) is 2.67. The molecular weight excluding hydrogens is 400 g/mol. The first kappa shape index (κ1) is 20.1. The van der Waals surface area contributed by atoms with Crippen molar-refractivity contribution in [3.63, 3.8) is 0 Å². The molecule has 0 aliphatic carbocycles. The van der Waals surface area contributed by atoms with Crippen molar-refractivity contribution >= 4 is 47.2 Å². The van der Waals surface area contributed by atoms with E-state index in [0.29, 0.717) is 16.1 Å². The highest BCUT2D eigenvalue weighted by molar-refractivity contribution is 6.40. The first-order chi connectivity index (χ1) is 13.8. The SMILES string of the molecule is Cc1c(Cl)cccc1N1C(=O)NC(=O)/C(=C\c2ccccc2OCC(=O)O)C1=O. The summed E-state index contributed by atoms with van der Waals surface area (Å²) in [6, 6.07) is 10.2. The summed E-state index contributed by atoms with van der Waals surface area (Å²) in [5, 5.41) is 11.3. The lowest BCUT2D eigenvalue weighted by molar-refractivity contribution is -0.139. The van der Waals surface area contributed by atoms with Crippen molar-refractivity contribution < 1.29 is 29.0 Å². The van der Waals surface area contributed by atoms with Gasteiger partial charge in [-0.15, -0.1) is 0 Å². The maximum Gasteiger partial charge on any atom is 0.341 e. The fourth-order valence-electron chi connectivity index (χ4n) is 2.74. The van der Waals surface area contributed by atoms with Crippen molar-refractivity contribution in [2.24, 2.45) is 0 Å². The molecule has 2 aromatic carbocycles. The topological polar surface area (TPSA) is 113 Å². The van der Waals surface area contributed by atoms with Crippen LogP contribution in [0.3, 0.4) is 0 Å². The van der Waals surface area contributed by atoms with E-state index in [1.165, 1.54) is 18.2 Å². The minimum atomic E-state index is -1.17. The van der Waals surface area contributed by atoms with E-state index in [-0.39, 0.29) is 17.0 Å². The Morgan fingerprint density at radius 2 is 1.90 bits per heavy atom. The molecule has 8 nitrogen and oxygen atoms in total. The van der Waals surface area contributed by atoms with Crippen molar-refractivity contribution in [3.8, 4) is 5.75 Å². The first-order valence-corrected chi connectivity index (χ1v) is 8.77. The highest BCUT2D eigenvalue weighted by atomic mass is 35.5. The molecule has 0 bridgehead atoms. The molecule has 0 radical (unpaired) electrons. The molecule has 29 heavy (non-hydrogen) atoms. The number of aliphatic carboxylic acids is 1.